The predicted octanol–water partition coefficient (Wildman–Crippen LogP) is 4.23. The Morgan fingerprint density at radius 2 is 2.00 bits per heavy atom. The number of carbonyl (C=O) groups is 1. The second kappa shape index (κ2) is 6.22. The largest absolute Gasteiger partial charge is 0.465 e. The molecule has 4 aromatic rings. The third-order valence-electron chi connectivity index (χ3n) is 3.99. The smallest absolute Gasteiger partial charge is 0.261 e. The number of fused-ring (bicyclic) bond motifs is 1. The van der Waals surface area contributed by atoms with E-state index in [0.29, 0.717) is 11.4 Å². The molecule has 0 aliphatic heterocycles. The van der Waals surface area contributed by atoms with Crippen LogP contribution in [-0.4, -0.2) is 15.7 Å². The summed E-state index contributed by atoms with van der Waals surface area (Å²) in [7, 11) is 0. The second-order valence-corrected chi connectivity index (χ2v) is 6.89. The van der Waals surface area contributed by atoms with Crippen LogP contribution in [0.15, 0.2) is 52.9 Å². The van der Waals surface area contributed by atoms with Crippen molar-refractivity contribution in [2.45, 2.75) is 20.4 Å². The summed E-state index contributed by atoms with van der Waals surface area (Å²) in [5, 5.41) is 8.51. The van der Waals surface area contributed by atoms with Gasteiger partial charge in [0.25, 0.3) is 5.91 Å². The van der Waals surface area contributed by atoms with E-state index in [1.54, 1.807) is 0 Å². The lowest BCUT2D eigenvalue weighted by atomic mass is 10.3. The lowest BCUT2D eigenvalue weighted by Crippen LogP contribution is -2.21. The van der Waals surface area contributed by atoms with Crippen molar-refractivity contribution in [2.24, 2.45) is 0 Å². The molecule has 0 atom stereocenters. The number of carbonyl (C=O) groups excluding carboxylic acids is 1. The van der Waals surface area contributed by atoms with Crippen LogP contribution in [0, 0.1) is 13.8 Å². The number of hydrogen-bond acceptors (Lipinski definition) is 4. The van der Waals surface area contributed by atoms with Crippen LogP contribution in [0.25, 0.3) is 15.9 Å². The molecular weight excluding hydrogens is 334 g/mol. The number of amides is 1. The fraction of sp³-hybridized carbons (Fsp3) is 0.158. The number of hydrogen-bond donors (Lipinski definition) is 1. The van der Waals surface area contributed by atoms with E-state index in [4.69, 9.17) is 4.42 Å². The van der Waals surface area contributed by atoms with Gasteiger partial charge in [0.05, 0.1) is 22.8 Å². The van der Waals surface area contributed by atoms with Crippen molar-refractivity contribution in [3.8, 4) is 5.69 Å². The van der Waals surface area contributed by atoms with E-state index >= 15 is 0 Å². The van der Waals surface area contributed by atoms with Gasteiger partial charge in [0.1, 0.15) is 16.4 Å². The van der Waals surface area contributed by atoms with E-state index in [9.17, 15) is 4.79 Å². The Kier molecular flexibility index (Phi) is 3.89. The average molecular weight is 351 g/mol. The first-order valence-electron chi connectivity index (χ1n) is 8.00. The zero-order chi connectivity index (χ0) is 17.4. The summed E-state index contributed by atoms with van der Waals surface area (Å²) in [6, 6.07) is 15.6. The van der Waals surface area contributed by atoms with Crippen LogP contribution >= 0.6 is 11.3 Å². The molecule has 4 rings (SSSR count). The van der Waals surface area contributed by atoms with Crippen molar-refractivity contribution < 1.29 is 9.21 Å². The van der Waals surface area contributed by atoms with Gasteiger partial charge < -0.3 is 9.73 Å². The molecule has 0 aliphatic carbocycles. The number of thiophene rings is 1. The highest BCUT2D eigenvalue weighted by atomic mass is 32.1. The van der Waals surface area contributed by atoms with Crippen LogP contribution in [0.4, 0.5) is 0 Å². The molecule has 0 saturated heterocycles. The van der Waals surface area contributed by atoms with Gasteiger partial charge >= 0.3 is 0 Å². The fourth-order valence-corrected chi connectivity index (χ4v) is 3.84. The third-order valence-corrected chi connectivity index (χ3v) is 5.10. The quantitative estimate of drug-likeness (QED) is 0.599. The first kappa shape index (κ1) is 15.7. The van der Waals surface area contributed by atoms with Gasteiger partial charge in [0, 0.05) is 5.39 Å². The van der Waals surface area contributed by atoms with E-state index in [1.165, 1.54) is 11.3 Å². The minimum atomic E-state index is -0.103. The molecule has 1 aromatic carbocycles. The van der Waals surface area contributed by atoms with Crippen molar-refractivity contribution in [3.63, 3.8) is 0 Å². The molecule has 0 saturated carbocycles. The molecule has 1 amide bonds. The molecule has 1 N–H and O–H groups in total. The minimum Gasteiger partial charge on any atom is -0.465 e. The van der Waals surface area contributed by atoms with Gasteiger partial charge in [-0.1, -0.05) is 18.2 Å². The second-order valence-electron chi connectivity index (χ2n) is 5.86. The zero-order valence-electron chi connectivity index (χ0n) is 13.9. The zero-order valence-corrected chi connectivity index (χ0v) is 14.8. The number of nitrogens with one attached hydrogen (secondary N) is 1. The van der Waals surface area contributed by atoms with Crippen LogP contribution in [0.1, 0.15) is 26.9 Å². The van der Waals surface area contributed by atoms with E-state index in [1.807, 2.05) is 67.1 Å². The maximum atomic E-state index is 12.5. The van der Waals surface area contributed by atoms with Gasteiger partial charge in [-0.05, 0) is 44.2 Å². The monoisotopic (exact) mass is 351 g/mol. The number of nitrogens with zero attached hydrogens (tertiary/aromatic N) is 2. The molecule has 0 unspecified atom stereocenters. The van der Waals surface area contributed by atoms with E-state index in [2.05, 4.69) is 10.4 Å². The highest BCUT2D eigenvalue weighted by Crippen LogP contribution is 2.30. The van der Waals surface area contributed by atoms with Crippen LogP contribution in [0.2, 0.25) is 0 Å². The predicted molar refractivity (Wildman–Crippen MR) is 98.3 cm³/mol. The Hall–Kier alpha value is -2.86. The number of rotatable bonds is 4. The SMILES string of the molecule is Cc1ccc(CNC(=O)c2cc3c(C)nn(-c4ccccc4)c3s2)o1. The summed E-state index contributed by atoms with van der Waals surface area (Å²) in [6.07, 6.45) is 0. The van der Waals surface area contributed by atoms with E-state index in [-0.39, 0.29) is 5.91 Å². The number of benzene rings is 1. The Bertz CT molecular complexity index is 1040. The van der Waals surface area contributed by atoms with Crippen LogP contribution in [0.5, 0.6) is 0 Å². The molecule has 0 fully saturated rings. The molecule has 0 radical (unpaired) electrons. The molecule has 5 nitrogen and oxygen atoms in total. The topological polar surface area (TPSA) is 60.1 Å². The maximum absolute atomic E-state index is 12.5. The van der Waals surface area contributed by atoms with Crippen molar-refractivity contribution in [2.75, 3.05) is 0 Å². The lowest BCUT2D eigenvalue weighted by Gasteiger charge is -2.02. The molecule has 25 heavy (non-hydrogen) atoms. The molecule has 126 valence electrons. The normalized spacial score (nSPS) is 11.1. The highest BCUT2D eigenvalue weighted by molar-refractivity contribution is 7.20. The lowest BCUT2D eigenvalue weighted by molar-refractivity contribution is 0.0952. The summed E-state index contributed by atoms with van der Waals surface area (Å²) < 4.78 is 7.38. The first-order valence-corrected chi connectivity index (χ1v) is 8.81. The number of furan rings is 1. The first-order chi connectivity index (χ1) is 12.1. The molecular formula is C19H17N3O2S. The summed E-state index contributed by atoms with van der Waals surface area (Å²) >= 11 is 1.45. The average Bonchev–Trinajstić information content (AvgIpc) is 3.30. The van der Waals surface area contributed by atoms with E-state index in [0.717, 1.165) is 33.1 Å². The van der Waals surface area contributed by atoms with E-state index < -0.39 is 0 Å². The molecule has 0 spiro atoms. The van der Waals surface area contributed by atoms with Gasteiger partial charge in [0.15, 0.2) is 0 Å². The van der Waals surface area contributed by atoms with Gasteiger partial charge in [0.2, 0.25) is 0 Å². The van der Waals surface area contributed by atoms with Gasteiger partial charge in [-0.2, -0.15) is 5.10 Å². The van der Waals surface area contributed by atoms with Crippen molar-refractivity contribution in [3.05, 3.63) is 70.6 Å². The third kappa shape index (κ3) is 2.96. The summed E-state index contributed by atoms with van der Waals surface area (Å²) in [4.78, 5) is 14.1. The Morgan fingerprint density at radius 1 is 1.20 bits per heavy atom. The standard InChI is InChI=1S/C19H17N3O2S/c1-12-8-9-15(24-12)11-20-18(23)17-10-16-13(2)21-22(19(16)25-17)14-6-4-3-5-7-14/h3-10H,11H2,1-2H3,(H,20,23). The molecule has 0 aliphatic rings. The van der Waals surface area contributed by atoms with Gasteiger partial charge in [-0.25, -0.2) is 4.68 Å². The molecule has 6 heteroatoms. The Balaban J connectivity index is 1.61. The van der Waals surface area contributed by atoms with Crippen molar-refractivity contribution in [1.82, 2.24) is 15.1 Å². The summed E-state index contributed by atoms with van der Waals surface area (Å²) in [6.45, 7) is 4.22. The minimum absolute atomic E-state index is 0.103. The maximum Gasteiger partial charge on any atom is 0.261 e. The van der Waals surface area contributed by atoms with Crippen molar-refractivity contribution >= 4 is 27.5 Å². The van der Waals surface area contributed by atoms with Crippen molar-refractivity contribution in [1.29, 1.82) is 0 Å². The van der Waals surface area contributed by atoms with Crippen LogP contribution in [0.3, 0.4) is 0 Å². The fourth-order valence-electron chi connectivity index (χ4n) is 2.74. The number of aryl methyl sites for hydroxylation is 2. The number of para-hydroxylation sites is 1. The van der Waals surface area contributed by atoms with Crippen LogP contribution < -0.4 is 5.32 Å². The summed E-state index contributed by atoms with van der Waals surface area (Å²) in [5.74, 6) is 1.48. The Morgan fingerprint density at radius 3 is 2.72 bits per heavy atom. The van der Waals surface area contributed by atoms with Gasteiger partial charge in [-0.3, -0.25) is 4.79 Å². The highest BCUT2D eigenvalue weighted by Gasteiger charge is 2.17. The number of aromatic nitrogens is 2. The Labute approximate surface area is 148 Å². The molecule has 3 aromatic heterocycles. The molecule has 3 heterocycles. The van der Waals surface area contributed by atoms with Crippen LogP contribution in [-0.2, 0) is 6.54 Å². The summed E-state index contributed by atoms with van der Waals surface area (Å²) in [5.41, 5.74) is 1.90. The molecule has 0 bridgehead atoms. The van der Waals surface area contributed by atoms with Gasteiger partial charge in [-0.15, -0.1) is 11.3 Å².